The molecule has 0 radical (unpaired) electrons. The fraction of sp³-hybridized carbons (Fsp3) is 0.333. The fourth-order valence-corrected chi connectivity index (χ4v) is 1.41. The Morgan fingerprint density at radius 2 is 2.00 bits per heavy atom. The summed E-state index contributed by atoms with van der Waals surface area (Å²) < 4.78 is 5.00. The monoisotopic (exact) mass is 282 g/mol. The zero-order chi connectivity index (χ0) is 15.0. The molecule has 8 nitrogen and oxygen atoms in total. The summed E-state index contributed by atoms with van der Waals surface area (Å²) in [5.41, 5.74) is 1.15. The molecule has 1 unspecified atom stereocenters. The second-order valence-corrected chi connectivity index (χ2v) is 3.88. The van der Waals surface area contributed by atoms with Gasteiger partial charge in [-0.15, -0.1) is 10.1 Å². The number of hydrogen-bond acceptors (Lipinski definition) is 6. The Morgan fingerprint density at radius 1 is 1.40 bits per heavy atom. The number of nitrogens with one attached hydrogen (secondary N) is 1. The highest BCUT2D eigenvalue weighted by atomic mass is 16.9. The molecule has 0 spiro atoms. The molecule has 1 N–H and O–H groups in total. The molecule has 0 aromatic heterocycles. The molecule has 0 saturated heterocycles. The maximum absolute atomic E-state index is 11.5. The van der Waals surface area contributed by atoms with Crippen LogP contribution in [0, 0.1) is 10.1 Å². The molecule has 0 heterocycles. The molecule has 1 aromatic carbocycles. The van der Waals surface area contributed by atoms with Crippen molar-refractivity contribution < 1.29 is 24.3 Å². The number of ether oxygens (including phenoxy) is 1. The smallest absolute Gasteiger partial charge is 0.328 e. The highest BCUT2D eigenvalue weighted by molar-refractivity contribution is 5.77. The minimum atomic E-state index is -0.890. The number of carbonyl (C=O) groups is 2. The molecule has 1 atom stereocenters. The van der Waals surface area contributed by atoms with Crippen LogP contribution in [-0.2, 0) is 32.4 Å². The lowest BCUT2D eigenvalue weighted by Gasteiger charge is -2.12. The van der Waals surface area contributed by atoms with Crippen molar-refractivity contribution >= 4 is 12.4 Å². The number of amides is 1. The maximum Gasteiger partial charge on any atom is 0.328 e. The number of carbonyl (C=O) groups excluding carboxylic acids is 2. The molecule has 1 aromatic rings. The molecule has 108 valence electrons. The van der Waals surface area contributed by atoms with Gasteiger partial charge in [0.2, 0.25) is 6.41 Å². The van der Waals surface area contributed by atoms with Gasteiger partial charge in [-0.3, -0.25) is 4.79 Å². The molecule has 0 aliphatic rings. The van der Waals surface area contributed by atoms with Gasteiger partial charge in [0.25, 0.3) is 5.09 Å². The summed E-state index contributed by atoms with van der Waals surface area (Å²) >= 11 is 0. The van der Waals surface area contributed by atoms with Gasteiger partial charge in [-0.1, -0.05) is 24.3 Å². The average Bonchev–Trinajstić information content (AvgIpc) is 2.43. The van der Waals surface area contributed by atoms with Crippen LogP contribution < -0.4 is 5.32 Å². The first-order chi connectivity index (χ1) is 9.54. The van der Waals surface area contributed by atoms with Crippen LogP contribution in [0.5, 0.6) is 0 Å². The molecule has 0 bridgehead atoms. The second kappa shape index (κ2) is 7.72. The van der Waals surface area contributed by atoms with E-state index in [9.17, 15) is 19.7 Å². The fourth-order valence-electron chi connectivity index (χ4n) is 1.41. The quantitative estimate of drug-likeness (QED) is 0.323. The van der Waals surface area contributed by atoms with Crippen LogP contribution in [-0.4, -0.2) is 23.5 Å². The molecule has 8 heteroatoms. The zero-order valence-electron chi connectivity index (χ0n) is 10.8. The third kappa shape index (κ3) is 4.92. The number of hydrogen-bond donors (Lipinski definition) is 1. The van der Waals surface area contributed by atoms with Crippen molar-refractivity contribution in [2.75, 3.05) is 0 Å². The minimum absolute atomic E-state index is 0.0546. The summed E-state index contributed by atoms with van der Waals surface area (Å²) in [7, 11) is 0. The number of esters is 1. The highest BCUT2D eigenvalue weighted by Gasteiger charge is 2.14. The SMILES string of the molecule is CC(NC=O)C(=O)OCc1ccccc1CO[N+](=O)[O-]. The summed E-state index contributed by atoms with van der Waals surface area (Å²) in [6.45, 7) is 1.21. The average molecular weight is 282 g/mol. The van der Waals surface area contributed by atoms with Crippen molar-refractivity contribution in [1.82, 2.24) is 5.32 Å². The standard InChI is InChI=1S/C12H14N2O6/c1-9(13-8-15)12(16)19-6-10-4-2-3-5-11(10)7-20-14(17)18/h2-5,8-9H,6-7H2,1H3,(H,13,15). The Kier molecular flexibility index (Phi) is 5.95. The normalized spacial score (nSPS) is 11.2. The van der Waals surface area contributed by atoms with Gasteiger partial charge in [-0.2, -0.15) is 0 Å². The van der Waals surface area contributed by atoms with E-state index in [0.717, 1.165) is 0 Å². The van der Waals surface area contributed by atoms with Gasteiger partial charge in [0.1, 0.15) is 19.3 Å². The van der Waals surface area contributed by atoms with Crippen LogP contribution in [0.25, 0.3) is 0 Å². The minimum Gasteiger partial charge on any atom is -0.459 e. The van der Waals surface area contributed by atoms with Crippen molar-refractivity contribution in [2.45, 2.75) is 26.2 Å². The van der Waals surface area contributed by atoms with Crippen LogP contribution in [0.1, 0.15) is 18.1 Å². The van der Waals surface area contributed by atoms with Crippen molar-refractivity contribution in [3.05, 3.63) is 45.5 Å². The molecule has 1 rings (SSSR count). The third-order valence-corrected chi connectivity index (χ3v) is 2.49. The molecule has 0 aliphatic carbocycles. The van der Waals surface area contributed by atoms with E-state index in [1.54, 1.807) is 24.3 Å². The second-order valence-electron chi connectivity index (χ2n) is 3.88. The molecule has 0 fully saturated rings. The summed E-state index contributed by atoms with van der Waals surface area (Å²) in [4.78, 5) is 36.2. The van der Waals surface area contributed by atoms with Gasteiger partial charge in [0.15, 0.2) is 0 Å². The van der Waals surface area contributed by atoms with Crippen LogP contribution >= 0.6 is 0 Å². The Labute approximate surface area is 114 Å². The largest absolute Gasteiger partial charge is 0.459 e. The third-order valence-electron chi connectivity index (χ3n) is 2.49. The number of rotatable bonds is 8. The molecule has 1 amide bonds. The number of nitrogens with zero attached hydrogens (tertiary/aromatic N) is 1. The van der Waals surface area contributed by atoms with Crippen LogP contribution in [0.2, 0.25) is 0 Å². The van der Waals surface area contributed by atoms with E-state index in [1.165, 1.54) is 6.92 Å². The molecular formula is C12H14N2O6. The van der Waals surface area contributed by atoms with Crippen molar-refractivity contribution in [3.63, 3.8) is 0 Å². The lowest BCUT2D eigenvalue weighted by atomic mass is 10.1. The highest BCUT2D eigenvalue weighted by Crippen LogP contribution is 2.12. The molecule has 0 aliphatic heterocycles. The van der Waals surface area contributed by atoms with Crippen molar-refractivity contribution in [3.8, 4) is 0 Å². The van der Waals surface area contributed by atoms with E-state index in [0.29, 0.717) is 17.5 Å². The summed E-state index contributed by atoms with van der Waals surface area (Å²) in [6, 6.07) is 5.96. The van der Waals surface area contributed by atoms with Crippen LogP contribution in [0.4, 0.5) is 0 Å². The van der Waals surface area contributed by atoms with Gasteiger partial charge < -0.3 is 14.9 Å². The topological polar surface area (TPSA) is 108 Å². The predicted octanol–water partition coefficient (Wildman–Crippen LogP) is 0.573. The van der Waals surface area contributed by atoms with E-state index < -0.39 is 17.1 Å². The van der Waals surface area contributed by atoms with E-state index in [4.69, 9.17) is 4.74 Å². The maximum atomic E-state index is 11.5. The van der Waals surface area contributed by atoms with Gasteiger partial charge in [0.05, 0.1) is 0 Å². The van der Waals surface area contributed by atoms with Crippen LogP contribution in [0.15, 0.2) is 24.3 Å². The summed E-state index contributed by atoms with van der Waals surface area (Å²) in [5.74, 6) is -0.595. The van der Waals surface area contributed by atoms with E-state index in [1.807, 2.05) is 0 Å². The summed E-state index contributed by atoms with van der Waals surface area (Å²) in [5, 5.41) is 11.5. The lowest BCUT2D eigenvalue weighted by molar-refractivity contribution is -0.763. The molecular weight excluding hydrogens is 268 g/mol. The van der Waals surface area contributed by atoms with E-state index in [2.05, 4.69) is 10.2 Å². The van der Waals surface area contributed by atoms with Gasteiger partial charge in [-0.05, 0) is 18.1 Å². The van der Waals surface area contributed by atoms with Crippen molar-refractivity contribution in [2.24, 2.45) is 0 Å². The lowest BCUT2D eigenvalue weighted by Crippen LogP contribution is -2.34. The Bertz CT molecular complexity index is 491. The first-order valence-corrected chi connectivity index (χ1v) is 5.75. The molecule has 20 heavy (non-hydrogen) atoms. The predicted molar refractivity (Wildman–Crippen MR) is 66.7 cm³/mol. The van der Waals surface area contributed by atoms with E-state index >= 15 is 0 Å². The number of benzene rings is 1. The zero-order valence-corrected chi connectivity index (χ0v) is 10.8. The van der Waals surface area contributed by atoms with Gasteiger partial charge >= 0.3 is 5.97 Å². The van der Waals surface area contributed by atoms with Gasteiger partial charge in [0, 0.05) is 0 Å². The van der Waals surface area contributed by atoms with Gasteiger partial charge in [-0.25, -0.2) is 4.79 Å². The molecule has 0 saturated carbocycles. The summed E-state index contributed by atoms with van der Waals surface area (Å²) in [6.07, 6.45) is 0.408. The first-order valence-electron chi connectivity index (χ1n) is 5.75. The van der Waals surface area contributed by atoms with Crippen molar-refractivity contribution in [1.29, 1.82) is 0 Å². The first kappa shape index (κ1) is 15.4. The van der Waals surface area contributed by atoms with E-state index in [-0.39, 0.29) is 13.2 Å². The van der Waals surface area contributed by atoms with Crippen LogP contribution in [0.3, 0.4) is 0 Å². The Hall–Kier alpha value is -2.64. The Morgan fingerprint density at radius 3 is 2.55 bits per heavy atom. The Balaban J connectivity index is 2.61.